The van der Waals surface area contributed by atoms with Gasteiger partial charge in [-0.25, -0.2) is 0 Å². The molecule has 0 aliphatic heterocycles. The van der Waals surface area contributed by atoms with E-state index in [4.69, 9.17) is 0 Å². The Bertz CT molecular complexity index is 704. The van der Waals surface area contributed by atoms with Gasteiger partial charge in [0.05, 0.1) is 0 Å². The predicted molar refractivity (Wildman–Crippen MR) is 118 cm³/mol. The fourth-order valence-corrected chi connectivity index (χ4v) is 19.0. The van der Waals surface area contributed by atoms with Crippen molar-refractivity contribution in [3.8, 4) is 0 Å². The second-order valence-electron chi connectivity index (χ2n) is 6.75. The molecule has 0 amide bonds. The van der Waals surface area contributed by atoms with Gasteiger partial charge in [0.2, 0.25) is 0 Å². The summed E-state index contributed by atoms with van der Waals surface area (Å²) in [4.78, 5) is 0. The van der Waals surface area contributed by atoms with Crippen molar-refractivity contribution in [1.82, 2.24) is 0 Å². The first-order chi connectivity index (χ1) is 11.2. The van der Waals surface area contributed by atoms with E-state index in [0.717, 1.165) is 7.25 Å². The van der Waals surface area contributed by atoms with Crippen LogP contribution >= 0.6 is 24.8 Å². The van der Waals surface area contributed by atoms with Crippen LogP contribution in [-0.2, 0) is 19.4 Å². The average molecular weight is 471 g/mol. The van der Waals surface area contributed by atoms with Crippen molar-refractivity contribution >= 4 is 44.3 Å². The van der Waals surface area contributed by atoms with Crippen LogP contribution in [0.25, 0.3) is 12.2 Å². The number of hydrogen-bond donors (Lipinski definition) is 0. The fourth-order valence-electron chi connectivity index (χ4n) is 3.99. The van der Waals surface area contributed by atoms with E-state index in [-0.39, 0.29) is 24.8 Å². The molecule has 0 saturated heterocycles. The molecule has 0 spiro atoms. The van der Waals surface area contributed by atoms with Crippen LogP contribution in [0, 0.1) is 0 Å². The van der Waals surface area contributed by atoms with Gasteiger partial charge in [-0.15, -0.1) is 24.8 Å². The molecule has 2 aromatic rings. The molecular formula is C21H28Cl2SiZr. The average Bonchev–Trinajstić information content (AvgIpc) is 3.21. The number of allylic oxidation sites excluding steroid dienone is 2. The zero-order chi connectivity index (χ0) is 16.4. The van der Waals surface area contributed by atoms with Crippen LogP contribution in [0.4, 0.5) is 0 Å². The first-order valence-corrected chi connectivity index (χ1v) is 22.4. The van der Waals surface area contributed by atoms with Crippen LogP contribution in [0.15, 0.2) is 60.7 Å². The zero-order valence-corrected chi connectivity index (χ0v) is 21.5. The summed E-state index contributed by atoms with van der Waals surface area (Å²) in [7, 11) is 1.38. The van der Waals surface area contributed by atoms with Crippen molar-refractivity contribution < 1.29 is 19.4 Å². The Morgan fingerprint density at radius 1 is 0.720 bits per heavy atom. The predicted octanol–water partition coefficient (Wildman–Crippen LogP) is 5.87. The van der Waals surface area contributed by atoms with Crippen LogP contribution in [-0.4, -0.2) is 7.37 Å². The van der Waals surface area contributed by atoms with Crippen molar-refractivity contribution in [1.29, 1.82) is 0 Å². The Labute approximate surface area is 171 Å². The second kappa shape index (κ2) is 9.51. The molecule has 25 heavy (non-hydrogen) atoms. The van der Waals surface area contributed by atoms with Crippen molar-refractivity contribution in [2.75, 3.05) is 0 Å². The van der Waals surface area contributed by atoms with Gasteiger partial charge in [0.15, 0.2) is 0 Å². The summed E-state index contributed by atoms with van der Waals surface area (Å²) < 4.78 is 4.18. The van der Waals surface area contributed by atoms with E-state index in [1.165, 1.54) is 18.5 Å². The van der Waals surface area contributed by atoms with E-state index < -0.39 is 19.4 Å². The molecule has 0 fully saturated rings. The minimum atomic E-state index is -2.24. The van der Waals surface area contributed by atoms with E-state index >= 15 is 0 Å². The molecule has 0 bridgehead atoms. The number of benzene rings is 2. The van der Waals surface area contributed by atoms with E-state index in [1.807, 2.05) is 13.8 Å². The molecule has 2 aromatic carbocycles. The molecule has 0 N–H and O–H groups in total. The van der Waals surface area contributed by atoms with Gasteiger partial charge < -0.3 is 0 Å². The van der Waals surface area contributed by atoms with E-state index in [9.17, 15) is 0 Å². The molecule has 4 rings (SSSR count). The van der Waals surface area contributed by atoms with Crippen molar-refractivity contribution in [3.05, 3.63) is 82.9 Å². The molecule has 2 unspecified atom stereocenters. The van der Waals surface area contributed by atoms with Gasteiger partial charge in [-0.3, -0.25) is 0 Å². The first-order valence-electron chi connectivity index (χ1n) is 8.72. The van der Waals surface area contributed by atoms with Gasteiger partial charge in [-0.05, 0) is 0 Å². The Kier molecular flexibility index (Phi) is 8.61. The first kappa shape index (κ1) is 22.6. The maximum atomic E-state index is 2.68. The topological polar surface area (TPSA) is 0 Å². The quantitative estimate of drug-likeness (QED) is 0.481. The van der Waals surface area contributed by atoms with Crippen LogP contribution < -0.4 is 0 Å². The SMILES string of the molecule is CC.Cl.Cl.[CH3][Zr]([SiH3])([CH]1C=Cc2ccccc21)[CH]1C=Cc2ccccc21. The van der Waals surface area contributed by atoms with Crippen LogP contribution in [0.2, 0.25) is 4.63 Å². The van der Waals surface area contributed by atoms with Gasteiger partial charge in [0, 0.05) is 0 Å². The molecule has 0 radical (unpaired) electrons. The summed E-state index contributed by atoms with van der Waals surface area (Å²) in [5.74, 6) is 0. The third kappa shape index (κ3) is 4.14. The number of rotatable bonds is 2. The van der Waals surface area contributed by atoms with E-state index in [1.54, 1.807) is 11.1 Å². The summed E-state index contributed by atoms with van der Waals surface area (Å²) in [5, 5.41) is 0. The summed E-state index contributed by atoms with van der Waals surface area (Å²) in [6, 6.07) is 18.0. The molecule has 2 aliphatic rings. The van der Waals surface area contributed by atoms with Gasteiger partial charge in [-0.2, -0.15) is 0 Å². The monoisotopic (exact) mass is 468 g/mol. The molecule has 2 aliphatic carbocycles. The van der Waals surface area contributed by atoms with Crippen molar-refractivity contribution in [2.24, 2.45) is 0 Å². The minimum absolute atomic E-state index is 0. The molecule has 2 atom stereocenters. The normalized spacial score (nSPS) is 21.1. The summed E-state index contributed by atoms with van der Waals surface area (Å²) >= 11 is -2.24. The Hall–Kier alpha value is -0.400. The molecule has 4 heteroatoms. The summed E-state index contributed by atoms with van der Waals surface area (Å²) in [5.41, 5.74) is 6.11. The Morgan fingerprint density at radius 3 is 1.48 bits per heavy atom. The number of hydrogen-bond acceptors (Lipinski definition) is 0. The molecule has 0 heterocycles. The van der Waals surface area contributed by atoms with Gasteiger partial charge in [0.1, 0.15) is 0 Å². The second-order valence-corrected chi connectivity index (χ2v) is 31.5. The third-order valence-corrected chi connectivity index (χ3v) is 22.9. The van der Waals surface area contributed by atoms with Crippen LogP contribution in [0.5, 0.6) is 0 Å². The molecule has 0 aromatic heterocycles. The summed E-state index contributed by atoms with van der Waals surface area (Å²) in [6.07, 6.45) is 9.75. The summed E-state index contributed by atoms with van der Waals surface area (Å²) in [6.45, 7) is 4.00. The molecule has 0 nitrogen and oxygen atoms in total. The number of halogens is 2. The van der Waals surface area contributed by atoms with E-state index in [2.05, 4.69) is 77.5 Å². The Morgan fingerprint density at radius 2 is 1.08 bits per heavy atom. The third-order valence-electron chi connectivity index (χ3n) is 5.20. The standard InChI is InChI=1S/2C9H7.C2H6.CH3.2ClH.H3Si.Zr/c2*1-2-5-9-7-3-6-8(9)4-1;1-2;;;;;/h2*1-7H;1-2H3;1H3;2*1H;1H3;. The van der Waals surface area contributed by atoms with Crippen molar-refractivity contribution in [3.63, 3.8) is 0 Å². The maximum absolute atomic E-state index is 2.68. The van der Waals surface area contributed by atoms with Gasteiger partial charge in [0.25, 0.3) is 0 Å². The van der Waals surface area contributed by atoms with Crippen molar-refractivity contribution in [2.45, 2.75) is 25.7 Å². The zero-order valence-electron chi connectivity index (χ0n) is 15.4. The molecular weight excluding hydrogens is 442 g/mol. The fraction of sp³-hybridized carbons (Fsp3) is 0.238. The van der Waals surface area contributed by atoms with Crippen LogP contribution in [0.1, 0.15) is 43.4 Å². The molecule has 0 saturated carbocycles. The Balaban J connectivity index is 0.000000755. The van der Waals surface area contributed by atoms with Gasteiger partial charge >= 0.3 is 134 Å². The molecule has 134 valence electrons. The number of fused-ring (bicyclic) bond motifs is 2. The van der Waals surface area contributed by atoms with Gasteiger partial charge in [-0.1, -0.05) is 13.8 Å². The van der Waals surface area contributed by atoms with E-state index in [0.29, 0.717) is 0 Å². The van der Waals surface area contributed by atoms with Crippen LogP contribution in [0.3, 0.4) is 0 Å².